The summed E-state index contributed by atoms with van der Waals surface area (Å²) >= 11 is 0. The summed E-state index contributed by atoms with van der Waals surface area (Å²) in [4.78, 5) is 34.1. The number of phosphoric acid groups is 1. The van der Waals surface area contributed by atoms with Crippen LogP contribution in [-0.4, -0.2) is 54.3 Å². The van der Waals surface area contributed by atoms with Crippen molar-refractivity contribution in [3.05, 3.63) is 12.2 Å². The topological polar surface area (TPSA) is 131 Å². The lowest BCUT2D eigenvalue weighted by Gasteiger charge is -2.15. The first-order chi connectivity index (χ1) is 31.3. The number of esters is 1. The molecule has 0 aliphatic rings. The van der Waals surface area contributed by atoms with Crippen LogP contribution in [0.3, 0.4) is 0 Å². The maximum atomic E-state index is 12.2. The van der Waals surface area contributed by atoms with E-state index in [0.717, 1.165) is 38.5 Å². The van der Waals surface area contributed by atoms with Crippen LogP contribution in [0.15, 0.2) is 12.2 Å². The number of rotatable bonds is 53. The molecule has 0 saturated carbocycles. The number of ether oxygens (including phenoxy) is 1. The van der Waals surface area contributed by atoms with E-state index >= 15 is 0 Å². The molecule has 3 N–H and O–H groups in total. The largest absolute Gasteiger partial charge is 0.472 e. The Morgan fingerprint density at radius 2 is 0.797 bits per heavy atom. The minimum Gasteiger partial charge on any atom is -0.463 e. The summed E-state index contributed by atoms with van der Waals surface area (Å²) in [5.74, 6) is -0.500. The van der Waals surface area contributed by atoms with Gasteiger partial charge in [0.25, 0.3) is 0 Å². The summed E-state index contributed by atoms with van der Waals surface area (Å²) in [5, 5.41) is 12.8. The zero-order chi connectivity index (χ0) is 46.7. The molecular weight excluding hydrogens is 822 g/mol. The number of carbonyl (C=O) groups is 2. The van der Waals surface area contributed by atoms with Gasteiger partial charge in [-0.1, -0.05) is 251 Å². The molecule has 0 heterocycles. The highest BCUT2D eigenvalue weighted by molar-refractivity contribution is 7.47. The minimum atomic E-state index is -4.42. The number of unbranched alkanes of at least 4 members (excludes halogenated alkanes) is 38. The van der Waals surface area contributed by atoms with Gasteiger partial charge >= 0.3 is 13.8 Å². The van der Waals surface area contributed by atoms with Gasteiger partial charge in [0.05, 0.1) is 13.2 Å². The molecule has 0 rings (SSSR count). The van der Waals surface area contributed by atoms with Gasteiger partial charge in [0.1, 0.15) is 12.7 Å². The maximum Gasteiger partial charge on any atom is 0.472 e. The molecule has 10 heteroatoms. The van der Waals surface area contributed by atoms with Crippen molar-refractivity contribution in [2.75, 3.05) is 26.4 Å². The molecule has 0 spiro atoms. The molecule has 0 fully saturated rings. The molecule has 0 bridgehead atoms. The lowest BCUT2D eigenvalue weighted by molar-refractivity contribution is -0.147. The molecule has 0 radical (unpaired) electrons. The van der Waals surface area contributed by atoms with Gasteiger partial charge in [-0.2, -0.15) is 0 Å². The number of aliphatic hydroxyl groups excluding tert-OH is 1. The van der Waals surface area contributed by atoms with E-state index in [9.17, 15) is 24.2 Å². The number of hydrogen-bond donors (Lipinski definition) is 3. The smallest absolute Gasteiger partial charge is 0.463 e. The Balaban J connectivity index is 3.49. The van der Waals surface area contributed by atoms with E-state index in [4.69, 9.17) is 13.8 Å². The highest BCUT2D eigenvalue weighted by Gasteiger charge is 2.23. The third kappa shape index (κ3) is 51.7. The molecule has 0 aromatic rings. The summed E-state index contributed by atoms with van der Waals surface area (Å²) in [6, 6.07) is 0. The van der Waals surface area contributed by atoms with E-state index in [0.29, 0.717) is 12.8 Å². The van der Waals surface area contributed by atoms with Gasteiger partial charge in [0.15, 0.2) is 0 Å². The summed E-state index contributed by atoms with van der Waals surface area (Å²) in [5.41, 5.74) is 0. The lowest BCUT2D eigenvalue weighted by atomic mass is 10.0. The van der Waals surface area contributed by atoms with Crippen LogP contribution in [0.4, 0.5) is 0 Å². The average molecular weight is 928 g/mol. The third-order valence-electron chi connectivity index (χ3n) is 12.4. The average Bonchev–Trinajstić information content (AvgIpc) is 3.28. The summed E-state index contributed by atoms with van der Waals surface area (Å²) in [6.07, 6.45) is 57.3. The van der Waals surface area contributed by atoms with Gasteiger partial charge in [-0.3, -0.25) is 18.6 Å². The predicted molar refractivity (Wildman–Crippen MR) is 271 cm³/mol. The van der Waals surface area contributed by atoms with Crippen LogP contribution in [0.2, 0.25) is 0 Å². The van der Waals surface area contributed by atoms with Crippen LogP contribution in [0.25, 0.3) is 0 Å². The zero-order valence-electron chi connectivity index (χ0n) is 42.3. The molecule has 9 nitrogen and oxygen atoms in total. The number of phosphoric ester groups is 1. The van der Waals surface area contributed by atoms with Crippen LogP contribution in [-0.2, 0) is 27.9 Å². The predicted octanol–water partition coefficient (Wildman–Crippen LogP) is 16.5. The number of nitrogens with one attached hydrogen (secondary N) is 1. The minimum absolute atomic E-state index is 0.0864. The number of amides is 1. The Labute approximate surface area is 396 Å². The second-order valence-corrected chi connectivity index (χ2v) is 20.4. The SMILES string of the molecule is CCCCCCCC/C=C/CCCCCCCCCCCCCCCC(=O)NCCOP(=O)(O)OCC(O)COC(=O)CCCCCCCCCCCCCCCCCCCCCC. The molecule has 0 aliphatic carbocycles. The number of allylic oxidation sites excluding steroid dienone is 2. The Hall–Kier alpha value is -1.25. The quantitative estimate of drug-likeness (QED) is 0.0238. The highest BCUT2D eigenvalue weighted by Crippen LogP contribution is 2.42. The molecule has 380 valence electrons. The number of hydrogen-bond acceptors (Lipinski definition) is 7. The standard InChI is InChI=1S/C54H106NO8P/c1-3-5-7-9-11-13-15-17-19-21-23-25-26-27-28-30-32-34-36-38-40-42-44-46-53(57)55-48-49-62-64(59,60)63-51-52(56)50-61-54(58)47-45-43-41-39-37-35-33-31-29-24-22-20-18-16-14-12-10-8-6-4-2/h17,19,52,56H,3-16,18,20-51H2,1-2H3,(H,55,57)(H,59,60)/b19-17+. The molecule has 0 aliphatic heterocycles. The summed E-state index contributed by atoms with van der Waals surface area (Å²) < 4.78 is 27.0. The summed E-state index contributed by atoms with van der Waals surface area (Å²) in [6.45, 7) is 3.62. The first-order valence-electron chi connectivity index (χ1n) is 27.7. The zero-order valence-corrected chi connectivity index (χ0v) is 43.2. The van der Waals surface area contributed by atoms with Crippen molar-refractivity contribution >= 4 is 19.7 Å². The molecule has 2 atom stereocenters. The number of carbonyl (C=O) groups excluding carboxylic acids is 2. The van der Waals surface area contributed by atoms with Crippen LogP contribution in [0.5, 0.6) is 0 Å². The Morgan fingerprint density at radius 1 is 0.469 bits per heavy atom. The van der Waals surface area contributed by atoms with Gasteiger partial charge in [0, 0.05) is 19.4 Å². The van der Waals surface area contributed by atoms with Crippen LogP contribution in [0, 0.1) is 0 Å². The Morgan fingerprint density at radius 3 is 1.17 bits per heavy atom. The monoisotopic (exact) mass is 928 g/mol. The lowest BCUT2D eigenvalue weighted by Crippen LogP contribution is -2.27. The van der Waals surface area contributed by atoms with Gasteiger partial charge in [-0.05, 0) is 38.5 Å². The van der Waals surface area contributed by atoms with Crippen molar-refractivity contribution in [3.8, 4) is 0 Å². The third-order valence-corrected chi connectivity index (χ3v) is 13.4. The summed E-state index contributed by atoms with van der Waals surface area (Å²) in [7, 11) is -4.42. The van der Waals surface area contributed by atoms with Gasteiger partial charge in [-0.25, -0.2) is 4.57 Å². The molecular formula is C54H106NO8P. The number of aliphatic hydroxyl groups is 1. The van der Waals surface area contributed by atoms with Gasteiger partial charge in [0.2, 0.25) is 5.91 Å². The van der Waals surface area contributed by atoms with E-state index in [-0.39, 0.29) is 25.7 Å². The molecule has 0 aromatic heterocycles. The molecule has 1 amide bonds. The van der Waals surface area contributed by atoms with E-state index in [1.165, 1.54) is 225 Å². The van der Waals surface area contributed by atoms with Crippen molar-refractivity contribution in [1.29, 1.82) is 0 Å². The first kappa shape index (κ1) is 62.8. The van der Waals surface area contributed by atoms with E-state index < -0.39 is 26.5 Å². The van der Waals surface area contributed by atoms with Gasteiger partial charge < -0.3 is 20.1 Å². The second-order valence-electron chi connectivity index (χ2n) is 18.9. The van der Waals surface area contributed by atoms with Crippen molar-refractivity contribution in [2.45, 2.75) is 296 Å². The highest BCUT2D eigenvalue weighted by atomic mass is 31.2. The van der Waals surface area contributed by atoms with Crippen LogP contribution >= 0.6 is 7.82 Å². The molecule has 0 saturated heterocycles. The maximum absolute atomic E-state index is 12.2. The van der Waals surface area contributed by atoms with E-state index in [1.54, 1.807) is 0 Å². The van der Waals surface area contributed by atoms with Crippen molar-refractivity contribution in [1.82, 2.24) is 5.32 Å². The van der Waals surface area contributed by atoms with E-state index in [2.05, 4.69) is 31.3 Å². The van der Waals surface area contributed by atoms with Crippen molar-refractivity contribution < 1.29 is 37.9 Å². The molecule has 64 heavy (non-hydrogen) atoms. The fourth-order valence-corrected chi connectivity index (χ4v) is 9.02. The Kier molecular flexibility index (Phi) is 50.1. The molecule has 0 aromatic carbocycles. The fourth-order valence-electron chi connectivity index (χ4n) is 8.26. The fraction of sp³-hybridized carbons (Fsp3) is 0.926. The van der Waals surface area contributed by atoms with Crippen LogP contribution in [0.1, 0.15) is 290 Å². The Bertz CT molecular complexity index is 1060. The second kappa shape index (κ2) is 51.1. The first-order valence-corrected chi connectivity index (χ1v) is 29.2. The van der Waals surface area contributed by atoms with Crippen molar-refractivity contribution in [3.63, 3.8) is 0 Å². The van der Waals surface area contributed by atoms with Crippen molar-refractivity contribution in [2.24, 2.45) is 0 Å². The molecule has 2 unspecified atom stereocenters. The van der Waals surface area contributed by atoms with Crippen LogP contribution < -0.4 is 5.32 Å². The normalized spacial score (nSPS) is 13.1. The van der Waals surface area contributed by atoms with Gasteiger partial charge in [-0.15, -0.1) is 0 Å². The van der Waals surface area contributed by atoms with E-state index in [1.807, 2.05) is 0 Å².